The van der Waals surface area contributed by atoms with Crippen LogP contribution in [0.2, 0.25) is 0 Å². The van der Waals surface area contributed by atoms with Gasteiger partial charge in [-0.05, 0) is 37.0 Å². The predicted octanol–water partition coefficient (Wildman–Crippen LogP) is 2.12. The molecule has 3 heterocycles. The molecule has 2 N–H and O–H groups in total. The smallest absolute Gasteiger partial charge is 0.310 e. The molecule has 3 aliphatic heterocycles. The number of anilines is 1. The molecule has 1 aromatic carbocycles. The Morgan fingerprint density at radius 1 is 1.15 bits per heavy atom. The molecule has 26 heavy (non-hydrogen) atoms. The maximum atomic E-state index is 12.3. The van der Waals surface area contributed by atoms with Crippen molar-refractivity contribution in [3.63, 3.8) is 0 Å². The van der Waals surface area contributed by atoms with Crippen LogP contribution in [0.1, 0.15) is 30.9 Å². The molecule has 6 nitrogen and oxygen atoms in total. The lowest BCUT2D eigenvalue weighted by atomic mass is 9.79. The van der Waals surface area contributed by atoms with E-state index in [1.54, 1.807) is 0 Å². The molecular formula is C20H28N2O4. The lowest BCUT2D eigenvalue weighted by molar-refractivity contribution is -0.148. The van der Waals surface area contributed by atoms with Crippen LogP contribution in [-0.4, -0.2) is 51.6 Å². The summed E-state index contributed by atoms with van der Waals surface area (Å²) in [6.45, 7) is 3.10. The number of ether oxygens (including phenoxy) is 3. The third kappa shape index (κ3) is 3.72. The van der Waals surface area contributed by atoms with Crippen molar-refractivity contribution in [2.45, 2.75) is 37.4 Å². The molecule has 0 saturated carbocycles. The van der Waals surface area contributed by atoms with Gasteiger partial charge in [0.1, 0.15) is 0 Å². The van der Waals surface area contributed by atoms with E-state index in [9.17, 15) is 4.79 Å². The molecule has 4 atom stereocenters. The van der Waals surface area contributed by atoms with Crippen LogP contribution in [0.15, 0.2) is 24.3 Å². The summed E-state index contributed by atoms with van der Waals surface area (Å²) >= 11 is 0. The van der Waals surface area contributed by atoms with Gasteiger partial charge in [0.2, 0.25) is 0 Å². The Morgan fingerprint density at radius 2 is 1.92 bits per heavy atom. The molecule has 0 amide bonds. The van der Waals surface area contributed by atoms with Gasteiger partial charge in [0.25, 0.3) is 0 Å². The summed E-state index contributed by atoms with van der Waals surface area (Å²) < 4.78 is 16.1. The molecule has 0 aromatic heterocycles. The molecule has 142 valence electrons. The quantitative estimate of drug-likeness (QED) is 0.802. The largest absolute Gasteiger partial charge is 0.469 e. The maximum Gasteiger partial charge on any atom is 0.310 e. The highest BCUT2D eigenvalue weighted by Gasteiger charge is 2.43. The summed E-state index contributed by atoms with van der Waals surface area (Å²) in [7, 11) is 1.47. The average molecular weight is 360 g/mol. The van der Waals surface area contributed by atoms with Gasteiger partial charge in [-0.25, -0.2) is 0 Å². The first kappa shape index (κ1) is 17.8. The van der Waals surface area contributed by atoms with Gasteiger partial charge >= 0.3 is 5.97 Å². The Balaban J connectivity index is 1.47. The Morgan fingerprint density at radius 3 is 2.65 bits per heavy atom. The molecular weight excluding hydrogens is 332 g/mol. The summed E-state index contributed by atoms with van der Waals surface area (Å²) in [6.07, 6.45) is 2.90. The first-order valence-electron chi connectivity index (χ1n) is 9.60. The van der Waals surface area contributed by atoms with E-state index in [1.165, 1.54) is 7.11 Å². The number of carbonyl (C=O) groups is 1. The second kappa shape index (κ2) is 7.94. The molecule has 2 unspecified atom stereocenters. The van der Waals surface area contributed by atoms with Gasteiger partial charge in [-0.15, -0.1) is 0 Å². The lowest BCUT2D eigenvalue weighted by Crippen LogP contribution is -2.49. The van der Waals surface area contributed by atoms with Crippen LogP contribution in [0.5, 0.6) is 0 Å². The van der Waals surface area contributed by atoms with Crippen molar-refractivity contribution < 1.29 is 19.0 Å². The van der Waals surface area contributed by atoms with Crippen LogP contribution >= 0.6 is 0 Å². The number of carbonyl (C=O) groups excluding carboxylic acids is 1. The third-order valence-electron chi connectivity index (χ3n) is 5.92. The Kier molecular flexibility index (Phi) is 5.43. The van der Waals surface area contributed by atoms with Crippen molar-refractivity contribution in [3.05, 3.63) is 29.8 Å². The third-order valence-corrected chi connectivity index (χ3v) is 5.92. The summed E-state index contributed by atoms with van der Waals surface area (Å²) in [5.74, 6) is 0.0827. The number of piperidine rings is 1. The number of esters is 1. The minimum Gasteiger partial charge on any atom is -0.469 e. The summed E-state index contributed by atoms with van der Waals surface area (Å²) in [6, 6.07) is 9.22. The summed E-state index contributed by atoms with van der Waals surface area (Å²) in [5, 5.41) is 7.22. The SMILES string of the molecule is COC(=O)[C@H]1CC2COCC2N[C@H]1c1ccc(NC2CCOCC2)cc1. The number of rotatable bonds is 4. The van der Waals surface area contributed by atoms with E-state index >= 15 is 0 Å². The fourth-order valence-electron chi connectivity index (χ4n) is 4.40. The maximum absolute atomic E-state index is 12.3. The molecule has 3 aliphatic rings. The van der Waals surface area contributed by atoms with E-state index in [-0.39, 0.29) is 17.9 Å². The molecule has 1 aromatic rings. The number of hydrogen-bond acceptors (Lipinski definition) is 6. The number of nitrogens with one attached hydrogen (secondary N) is 2. The van der Waals surface area contributed by atoms with E-state index in [0.29, 0.717) is 18.0 Å². The monoisotopic (exact) mass is 360 g/mol. The first-order valence-corrected chi connectivity index (χ1v) is 9.60. The van der Waals surface area contributed by atoms with Gasteiger partial charge in [0, 0.05) is 42.9 Å². The van der Waals surface area contributed by atoms with Crippen LogP contribution in [-0.2, 0) is 19.0 Å². The first-order chi connectivity index (χ1) is 12.7. The number of fused-ring (bicyclic) bond motifs is 1. The van der Waals surface area contributed by atoms with E-state index in [0.717, 1.165) is 56.9 Å². The zero-order valence-electron chi connectivity index (χ0n) is 15.3. The van der Waals surface area contributed by atoms with Crippen LogP contribution < -0.4 is 10.6 Å². The van der Waals surface area contributed by atoms with Crippen molar-refractivity contribution in [1.29, 1.82) is 0 Å². The van der Waals surface area contributed by atoms with Gasteiger partial charge < -0.3 is 24.8 Å². The normalized spacial score (nSPS) is 32.0. The zero-order chi connectivity index (χ0) is 17.9. The molecule has 0 aliphatic carbocycles. The summed E-state index contributed by atoms with van der Waals surface area (Å²) in [4.78, 5) is 12.3. The minimum atomic E-state index is -0.169. The van der Waals surface area contributed by atoms with Gasteiger partial charge in [0.15, 0.2) is 0 Å². The van der Waals surface area contributed by atoms with Crippen molar-refractivity contribution >= 4 is 11.7 Å². The average Bonchev–Trinajstić information content (AvgIpc) is 3.15. The van der Waals surface area contributed by atoms with E-state index in [1.807, 2.05) is 0 Å². The molecule has 4 rings (SSSR count). The van der Waals surface area contributed by atoms with Crippen molar-refractivity contribution in [1.82, 2.24) is 5.32 Å². The fourth-order valence-corrected chi connectivity index (χ4v) is 4.40. The molecule has 6 heteroatoms. The van der Waals surface area contributed by atoms with Gasteiger partial charge in [-0.2, -0.15) is 0 Å². The van der Waals surface area contributed by atoms with Crippen LogP contribution in [0, 0.1) is 11.8 Å². The number of hydrogen-bond donors (Lipinski definition) is 2. The predicted molar refractivity (Wildman–Crippen MR) is 98.0 cm³/mol. The summed E-state index contributed by atoms with van der Waals surface area (Å²) in [5.41, 5.74) is 2.25. The zero-order valence-corrected chi connectivity index (χ0v) is 15.3. The van der Waals surface area contributed by atoms with Crippen molar-refractivity contribution in [3.8, 4) is 0 Å². The Hall–Kier alpha value is -1.63. The minimum absolute atomic E-state index is 0.0254. The van der Waals surface area contributed by atoms with E-state index in [4.69, 9.17) is 14.2 Å². The second-order valence-electron chi connectivity index (χ2n) is 7.57. The van der Waals surface area contributed by atoms with Crippen LogP contribution in [0.3, 0.4) is 0 Å². The fraction of sp³-hybridized carbons (Fsp3) is 0.650. The van der Waals surface area contributed by atoms with Gasteiger partial charge in [0.05, 0.1) is 26.2 Å². The van der Waals surface area contributed by atoms with E-state index in [2.05, 4.69) is 34.9 Å². The molecule has 0 radical (unpaired) electrons. The second-order valence-corrected chi connectivity index (χ2v) is 7.57. The molecule has 0 spiro atoms. The van der Waals surface area contributed by atoms with Crippen molar-refractivity contribution in [2.75, 3.05) is 38.9 Å². The standard InChI is InChI=1S/C20H28N2O4/c1-24-20(23)17-10-14-11-26-12-18(14)22-19(17)13-2-4-15(5-3-13)21-16-6-8-25-9-7-16/h2-5,14,16-19,21-22H,6-12H2,1H3/t14?,17-,18?,19-/m0/s1. The van der Waals surface area contributed by atoms with Crippen LogP contribution in [0.25, 0.3) is 0 Å². The highest BCUT2D eigenvalue weighted by molar-refractivity contribution is 5.74. The topological polar surface area (TPSA) is 68.8 Å². The van der Waals surface area contributed by atoms with Crippen LogP contribution in [0.4, 0.5) is 5.69 Å². The Labute approximate surface area is 154 Å². The highest BCUT2D eigenvalue weighted by atomic mass is 16.5. The number of methoxy groups -OCH3 is 1. The van der Waals surface area contributed by atoms with Gasteiger partial charge in [-0.3, -0.25) is 4.79 Å². The van der Waals surface area contributed by atoms with Crippen molar-refractivity contribution in [2.24, 2.45) is 11.8 Å². The van der Waals surface area contributed by atoms with E-state index < -0.39 is 0 Å². The molecule has 3 saturated heterocycles. The molecule has 0 bridgehead atoms. The molecule has 3 fully saturated rings. The lowest BCUT2D eigenvalue weighted by Gasteiger charge is -2.37. The number of benzene rings is 1. The highest BCUT2D eigenvalue weighted by Crippen LogP contribution is 2.38. The van der Waals surface area contributed by atoms with Gasteiger partial charge in [-0.1, -0.05) is 12.1 Å². The Bertz CT molecular complexity index is 615.